The number of methoxy groups -OCH3 is 1. The fourth-order valence-electron chi connectivity index (χ4n) is 1.65. The van der Waals surface area contributed by atoms with Crippen LogP contribution in [0, 0.1) is 11.6 Å². The van der Waals surface area contributed by atoms with Crippen LogP contribution >= 0.6 is 11.3 Å². The SMILES string of the molecule is COC(=O)c1cc(NC(=O)NCc2ccsc2)c(F)cc1F. The molecule has 1 heterocycles. The average Bonchev–Trinajstić information content (AvgIpc) is 3.00. The lowest BCUT2D eigenvalue weighted by Crippen LogP contribution is -2.28. The highest BCUT2D eigenvalue weighted by Gasteiger charge is 2.17. The topological polar surface area (TPSA) is 67.4 Å². The van der Waals surface area contributed by atoms with E-state index in [9.17, 15) is 18.4 Å². The van der Waals surface area contributed by atoms with Crippen molar-refractivity contribution in [3.8, 4) is 0 Å². The van der Waals surface area contributed by atoms with Gasteiger partial charge in [0.2, 0.25) is 0 Å². The van der Waals surface area contributed by atoms with Crippen LogP contribution in [0.5, 0.6) is 0 Å². The number of nitrogens with one attached hydrogen (secondary N) is 2. The number of benzene rings is 1. The third-order valence-electron chi connectivity index (χ3n) is 2.74. The van der Waals surface area contributed by atoms with E-state index in [2.05, 4.69) is 15.4 Å². The lowest BCUT2D eigenvalue weighted by molar-refractivity contribution is 0.0595. The predicted octanol–water partition coefficient (Wildman–Crippen LogP) is 3.13. The zero-order chi connectivity index (χ0) is 16.1. The lowest BCUT2D eigenvalue weighted by atomic mass is 10.2. The van der Waals surface area contributed by atoms with E-state index in [-0.39, 0.29) is 12.2 Å². The van der Waals surface area contributed by atoms with Crippen LogP contribution in [0.1, 0.15) is 15.9 Å². The molecule has 0 unspecified atom stereocenters. The third kappa shape index (κ3) is 3.79. The number of urea groups is 1. The first-order valence-electron chi connectivity index (χ1n) is 6.14. The Kier molecular flexibility index (Phi) is 5.05. The van der Waals surface area contributed by atoms with E-state index >= 15 is 0 Å². The second-order valence-electron chi connectivity index (χ2n) is 4.24. The lowest BCUT2D eigenvalue weighted by Gasteiger charge is -2.10. The van der Waals surface area contributed by atoms with Crippen molar-refractivity contribution in [3.05, 3.63) is 51.7 Å². The molecule has 8 heteroatoms. The number of ether oxygens (including phenoxy) is 1. The van der Waals surface area contributed by atoms with Gasteiger partial charge in [0, 0.05) is 12.6 Å². The van der Waals surface area contributed by atoms with Crippen molar-refractivity contribution in [1.29, 1.82) is 0 Å². The number of hydrogen-bond donors (Lipinski definition) is 2. The highest BCUT2D eigenvalue weighted by atomic mass is 32.1. The summed E-state index contributed by atoms with van der Waals surface area (Å²) in [6.07, 6.45) is 0. The van der Waals surface area contributed by atoms with Crippen molar-refractivity contribution in [2.45, 2.75) is 6.54 Å². The molecule has 5 nitrogen and oxygen atoms in total. The summed E-state index contributed by atoms with van der Waals surface area (Å²) >= 11 is 1.48. The molecule has 2 aromatic rings. The molecule has 0 fully saturated rings. The number of hydrogen-bond acceptors (Lipinski definition) is 4. The predicted molar refractivity (Wildman–Crippen MR) is 77.9 cm³/mol. The maximum absolute atomic E-state index is 13.6. The second kappa shape index (κ2) is 6.99. The molecule has 0 aliphatic rings. The minimum absolute atomic E-state index is 0.266. The van der Waals surface area contributed by atoms with Gasteiger partial charge in [-0.15, -0.1) is 0 Å². The number of carbonyl (C=O) groups excluding carboxylic acids is 2. The maximum Gasteiger partial charge on any atom is 0.340 e. The molecule has 0 aliphatic carbocycles. The standard InChI is InChI=1S/C14H12F2N2O3S/c1-21-13(19)9-4-12(11(16)5-10(9)15)18-14(20)17-6-8-2-3-22-7-8/h2-5,7H,6H2,1H3,(H2,17,18,20). The smallest absolute Gasteiger partial charge is 0.340 e. The molecule has 2 rings (SSSR count). The Bertz CT molecular complexity index is 690. The van der Waals surface area contributed by atoms with Gasteiger partial charge in [-0.3, -0.25) is 0 Å². The van der Waals surface area contributed by atoms with Gasteiger partial charge in [0.05, 0.1) is 18.4 Å². The van der Waals surface area contributed by atoms with Crippen LogP contribution in [0.3, 0.4) is 0 Å². The number of esters is 1. The van der Waals surface area contributed by atoms with Crippen LogP contribution < -0.4 is 10.6 Å². The van der Waals surface area contributed by atoms with Crippen LogP contribution in [0.15, 0.2) is 29.0 Å². The minimum Gasteiger partial charge on any atom is -0.465 e. The summed E-state index contributed by atoms with van der Waals surface area (Å²) in [5.41, 5.74) is 0.122. The second-order valence-corrected chi connectivity index (χ2v) is 5.02. The zero-order valence-electron chi connectivity index (χ0n) is 11.5. The van der Waals surface area contributed by atoms with Crippen molar-refractivity contribution < 1.29 is 23.1 Å². The summed E-state index contributed by atoms with van der Waals surface area (Å²) in [5, 5.41) is 8.45. The summed E-state index contributed by atoms with van der Waals surface area (Å²) in [5.74, 6) is -3.01. The van der Waals surface area contributed by atoms with Gasteiger partial charge < -0.3 is 15.4 Å². The Morgan fingerprint density at radius 2 is 2.05 bits per heavy atom. The fourth-order valence-corrected chi connectivity index (χ4v) is 2.32. The number of thiophene rings is 1. The fraction of sp³-hybridized carbons (Fsp3) is 0.143. The summed E-state index contributed by atoms with van der Waals surface area (Å²) in [7, 11) is 1.08. The van der Waals surface area contributed by atoms with Crippen LogP contribution in [0.25, 0.3) is 0 Å². The minimum atomic E-state index is -1.06. The van der Waals surface area contributed by atoms with Crippen molar-refractivity contribution in [2.75, 3.05) is 12.4 Å². The van der Waals surface area contributed by atoms with Gasteiger partial charge in [-0.2, -0.15) is 11.3 Å². The van der Waals surface area contributed by atoms with Gasteiger partial charge in [0.25, 0.3) is 0 Å². The van der Waals surface area contributed by atoms with Gasteiger partial charge in [0.1, 0.15) is 11.6 Å². The Morgan fingerprint density at radius 3 is 2.68 bits per heavy atom. The van der Waals surface area contributed by atoms with Gasteiger partial charge in [-0.25, -0.2) is 18.4 Å². The van der Waals surface area contributed by atoms with Crippen molar-refractivity contribution in [1.82, 2.24) is 5.32 Å². The monoisotopic (exact) mass is 326 g/mol. The highest BCUT2D eigenvalue weighted by molar-refractivity contribution is 7.07. The quantitative estimate of drug-likeness (QED) is 0.848. The molecule has 1 aromatic carbocycles. The number of halogens is 2. The zero-order valence-corrected chi connectivity index (χ0v) is 12.3. The number of carbonyl (C=O) groups is 2. The Balaban J connectivity index is 2.08. The van der Waals surface area contributed by atoms with Gasteiger partial charge >= 0.3 is 12.0 Å². The molecule has 0 saturated carbocycles. The molecule has 116 valence electrons. The van der Waals surface area contributed by atoms with E-state index in [0.29, 0.717) is 6.07 Å². The molecular weight excluding hydrogens is 314 g/mol. The van der Waals surface area contributed by atoms with E-state index in [0.717, 1.165) is 18.7 Å². The molecule has 0 bridgehead atoms. The summed E-state index contributed by atoms with van der Waals surface area (Å²) in [6, 6.07) is 2.56. The van der Waals surface area contributed by atoms with Gasteiger partial charge in [-0.05, 0) is 28.5 Å². The highest BCUT2D eigenvalue weighted by Crippen LogP contribution is 2.20. The normalized spacial score (nSPS) is 10.1. The molecule has 0 aliphatic heterocycles. The first kappa shape index (κ1) is 15.9. The molecule has 2 N–H and O–H groups in total. The van der Waals surface area contributed by atoms with Gasteiger partial charge in [-0.1, -0.05) is 0 Å². The molecule has 1 aromatic heterocycles. The third-order valence-corrected chi connectivity index (χ3v) is 3.48. The van der Waals surface area contributed by atoms with Crippen molar-refractivity contribution in [3.63, 3.8) is 0 Å². The van der Waals surface area contributed by atoms with Crippen LogP contribution in [-0.4, -0.2) is 19.1 Å². The molecule has 2 amide bonds. The van der Waals surface area contributed by atoms with Crippen LogP contribution in [0.2, 0.25) is 0 Å². The van der Waals surface area contributed by atoms with Gasteiger partial charge in [0.15, 0.2) is 0 Å². The van der Waals surface area contributed by atoms with E-state index in [1.54, 1.807) is 0 Å². The summed E-state index contributed by atoms with van der Waals surface area (Å²) in [6.45, 7) is 0.266. The Labute approximate surface area is 128 Å². The molecule has 0 radical (unpaired) electrons. The average molecular weight is 326 g/mol. The number of amides is 2. The van der Waals surface area contributed by atoms with Crippen LogP contribution in [0.4, 0.5) is 19.3 Å². The molecular formula is C14H12F2N2O3S. The van der Waals surface area contributed by atoms with E-state index < -0.39 is 29.2 Å². The molecule has 0 saturated heterocycles. The Morgan fingerprint density at radius 1 is 1.27 bits per heavy atom. The largest absolute Gasteiger partial charge is 0.465 e. The summed E-state index contributed by atoms with van der Waals surface area (Å²) < 4.78 is 31.5. The summed E-state index contributed by atoms with van der Waals surface area (Å²) in [4.78, 5) is 23.1. The van der Waals surface area contributed by atoms with E-state index in [1.165, 1.54) is 11.3 Å². The number of rotatable bonds is 4. The van der Waals surface area contributed by atoms with Crippen molar-refractivity contribution >= 4 is 29.0 Å². The maximum atomic E-state index is 13.6. The van der Waals surface area contributed by atoms with Crippen molar-refractivity contribution in [2.24, 2.45) is 0 Å². The van der Waals surface area contributed by atoms with E-state index in [4.69, 9.17) is 0 Å². The molecule has 22 heavy (non-hydrogen) atoms. The first-order valence-corrected chi connectivity index (χ1v) is 7.09. The first-order chi connectivity index (χ1) is 10.5. The molecule has 0 atom stereocenters. The molecule has 0 spiro atoms. The van der Waals surface area contributed by atoms with Crippen LogP contribution in [-0.2, 0) is 11.3 Å². The Hall–Kier alpha value is -2.48. The number of anilines is 1. The van der Waals surface area contributed by atoms with E-state index in [1.807, 2.05) is 16.8 Å².